The average Bonchev–Trinajstić information content (AvgIpc) is 2.45. The maximum Gasteiger partial charge on any atom is 0.123 e. The van der Waals surface area contributed by atoms with Crippen LogP contribution in [-0.4, -0.2) is 12.2 Å². The Morgan fingerprint density at radius 2 is 1.89 bits per heavy atom. The number of aliphatic hydroxyl groups excluding tert-OH is 1. The first-order valence-corrected chi connectivity index (χ1v) is 6.25. The largest absolute Gasteiger partial charge is 0.497 e. The van der Waals surface area contributed by atoms with Gasteiger partial charge in [-0.2, -0.15) is 0 Å². The van der Waals surface area contributed by atoms with E-state index in [0.29, 0.717) is 12.0 Å². The van der Waals surface area contributed by atoms with E-state index >= 15 is 0 Å². The van der Waals surface area contributed by atoms with Gasteiger partial charge >= 0.3 is 0 Å². The predicted molar refractivity (Wildman–Crippen MR) is 72.7 cm³/mol. The quantitative estimate of drug-likeness (QED) is 0.891. The molecule has 0 saturated heterocycles. The highest BCUT2D eigenvalue weighted by atomic mass is 19.1. The number of benzene rings is 2. The fourth-order valence-corrected chi connectivity index (χ4v) is 1.98. The van der Waals surface area contributed by atoms with Gasteiger partial charge in [0.25, 0.3) is 0 Å². The topological polar surface area (TPSA) is 29.5 Å². The van der Waals surface area contributed by atoms with Crippen LogP contribution in [-0.2, 0) is 6.42 Å². The molecule has 2 rings (SSSR count). The number of ether oxygens (including phenoxy) is 1. The SMILES string of the molecule is COc1ccc(CCC(O)c2cccc(F)c2)cc1. The van der Waals surface area contributed by atoms with Crippen LogP contribution in [0.15, 0.2) is 48.5 Å². The summed E-state index contributed by atoms with van der Waals surface area (Å²) < 4.78 is 18.1. The van der Waals surface area contributed by atoms with Crippen molar-refractivity contribution >= 4 is 0 Å². The van der Waals surface area contributed by atoms with Crippen molar-refractivity contribution in [2.75, 3.05) is 7.11 Å². The molecule has 100 valence electrons. The average molecular weight is 260 g/mol. The highest BCUT2D eigenvalue weighted by molar-refractivity contribution is 5.27. The van der Waals surface area contributed by atoms with E-state index < -0.39 is 6.10 Å². The highest BCUT2D eigenvalue weighted by Crippen LogP contribution is 2.20. The number of hydrogen-bond acceptors (Lipinski definition) is 2. The van der Waals surface area contributed by atoms with Crippen molar-refractivity contribution in [3.63, 3.8) is 0 Å². The molecule has 0 spiro atoms. The van der Waals surface area contributed by atoms with Crippen LogP contribution in [0.4, 0.5) is 4.39 Å². The van der Waals surface area contributed by atoms with Gasteiger partial charge in [-0.3, -0.25) is 0 Å². The summed E-state index contributed by atoms with van der Waals surface area (Å²) in [5.74, 6) is 0.496. The van der Waals surface area contributed by atoms with Crippen LogP contribution >= 0.6 is 0 Å². The molecular formula is C16H17FO2. The van der Waals surface area contributed by atoms with Crippen molar-refractivity contribution < 1.29 is 14.2 Å². The van der Waals surface area contributed by atoms with Crippen molar-refractivity contribution in [3.8, 4) is 5.75 Å². The lowest BCUT2D eigenvalue weighted by Crippen LogP contribution is -2.00. The Morgan fingerprint density at radius 1 is 1.16 bits per heavy atom. The third kappa shape index (κ3) is 3.80. The summed E-state index contributed by atoms with van der Waals surface area (Å²) in [6.45, 7) is 0. The molecule has 2 aromatic carbocycles. The smallest absolute Gasteiger partial charge is 0.123 e. The fraction of sp³-hybridized carbons (Fsp3) is 0.250. The van der Waals surface area contributed by atoms with Crippen molar-refractivity contribution in [2.24, 2.45) is 0 Å². The minimum Gasteiger partial charge on any atom is -0.497 e. The summed E-state index contributed by atoms with van der Waals surface area (Å²) >= 11 is 0. The van der Waals surface area contributed by atoms with Gasteiger partial charge in [-0.1, -0.05) is 24.3 Å². The molecule has 0 saturated carbocycles. The molecule has 0 aliphatic carbocycles. The maximum absolute atomic E-state index is 13.0. The Hall–Kier alpha value is -1.87. The first-order chi connectivity index (χ1) is 9.19. The summed E-state index contributed by atoms with van der Waals surface area (Å²) in [7, 11) is 1.63. The van der Waals surface area contributed by atoms with Crippen LogP contribution in [0.5, 0.6) is 5.75 Å². The second kappa shape index (κ2) is 6.34. The van der Waals surface area contributed by atoms with Crippen LogP contribution in [0, 0.1) is 5.82 Å². The molecule has 3 heteroatoms. The van der Waals surface area contributed by atoms with Gasteiger partial charge in [-0.15, -0.1) is 0 Å². The molecule has 0 aliphatic rings. The second-order valence-electron chi connectivity index (χ2n) is 4.46. The number of rotatable bonds is 5. The van der Waals surface area contributed by atoms with Gasteiger partial charge in [0.2, 0.25) is 0 Å². The fourth-order valence-electron chi connectivity index (χ4n) is 1.98. The molecule has 0 fully saturated rings. The number of aliphatic hydroxyl groups is 1. The molecule has 0 amide bonds. The molecule has 0 heterocycles. The van der Waals surface area contributed by atoms with E-state index in [1.165, 1.54) is 12.1 Å². The summed E-state index contributed by atoms with van der Waals surface area (Å²) in [6.07, 6.45) is 0.662. The van der Waals surface area contributed by atoms with Crippen molar-refractivity contribution in [1.29, 1.82) is 0 Å². The van der Waals surface area contributed by atoms with Crippen LogP contribution in [0.1, 0.15) is 23.7 Å². The zero-order chi connectivity index (χ0) is 13.7. The maximum atomic E-state index is 13.0. The Labute approximate surface area is 112 Å². The zero-order valence-electron chi connectivity index (χ0n) is 10.8. The number of halogens is 1. The third-order valence-corrected chi connectivity index (χ3v) is 3.10. The van der Waals surface area contributed by atoms with Gasteiger partial charge in [0.05, 0.1) is 13.2 Å². The Kier molecular flexibility index (Phi) is 4.53. The summed E-state index contributed by atoms with van der Waals surface area (Å²) in [4.78, 5) is 0. The monoisotopic (exact) mass is 260 g/mol. The minimum absolute atomic E-state index is 0.319. The third-order valence-electron chi connectivity index (χ3n) is 3.10. The van der Waals surface area contributed by atoms with E-state index in [-0.39, 0.29) is 5.82 Å². The molecular weight excluding hydrogens is 243 g/mol. The molecule has 0 aliphatic heterocycles. The first kappa shape index (κ1) is 13.6. The van der Waals surface area contributed by atoms with Gasteiger partial charge < -0.3 is 9.84 Å². The summed E-state index contributed by atoms with van der Waals surface area (Å²) in [5.41, 5.74) is 1.74. The molecule has 19 heavy (non-hydrogen) atoms. The van der Waals surface area contributed by atoms with Gasteiger partial charge in [-0.25, -0.2) is 4.39 Å². The van der Waals surface area contributed by atoms with E-state index in [0.717, 1.165) is 17.7 Å². The number of hydrogen-bond donors (Lipinski definition) is 1. The van der Waals surface area contributed by atoms with Gasteiger partial charge in [0.15, 0.2) is 0 Å². The normalized spacial score (nSPS) is 12.2. The molecule has 0 aromatic heterocycles. The van der Waals surface area contributed by atoms with Gasteiger partial charge in [-0.05, 0) is 48.2 Å². The van der Waals surface area contributed by atoms with Gasteiger partial charge in [0.1, 0.15) is 11.6 Å². The Morgan fingerprint density at radius 3 is 2.53 bits per heavy atom. The predicted octanol–water partition coefficient (Wildman–Crippen LogP) is 3.50. The summed E-state index contributed by atoms with van der Waals surface area (Å²) in [5, 5.41) is 10.0. The van der Waals surface area contributed by atoms with Gasteiger partial charge in [0, 0.05) is 0 Å². The zero-order valence-corrected chi connectivity index (χ0v) is 10.8. The van der Waals surface area contributed by atoms with E-state index in [4.69, 9.17) is 4.74 Å². The molecule has 2 nitrogen and oxygen atoms in total. The Balaban J connectivity index is 1.94. The highest BCUT2D eigenvalue weighted by Gasteiger charge is 2.08. The van der Waals surface area contributed by atoms with Crippen molar-refractivity contribution in [1.82, 2.24) is 0 Å². The minimum atomic E-state index is -0.641. The number of methoxy groups -OCH3 is 1. The van der Waals surface area contributed by atoms with E-state index in [2.05, 4.69) is 0 Å². The molecule has 1 N–H and O–H groups in total. The molecule has 1 atom stereocenters. The van der Waals surface area contributed by atoms with E-state index in [1.807, 2.05) is 24.3 Å². The standard InChI is InChI=1S/C16H17FO2/c1-19-15-8-5-12(6-9-15)7-10-16(18)13-3-2-4-14(17)11-13/h2-6,8-9,11,16,18H,7,10H2,1H3. The molecule has 1 unspecified atom stereocenters. The second-order valence-corrected chi connectivity index (χ2v) is 4.46. The molecule has 2 aromatic rings. The van der Waals surface area contributed by atoms with E-state index in [1.54, 1.807) is 19.2 Å². The number of aryl methyl sites for hydroxylation is 1. The lowest BCUT2D eigenvalue weighted by molar-refractivity contribution is 0.167. The van der Waals surface area contributed by atoms with Crippen LogP contribution < -0.4 is 4.74 Å². The van der Waals surface area contributed by atoms with E-state index in [9.17, 15) is 9.50 Å². The van der Waals surface area contributed by atoms with Crippen LogP contribution in [0.25, 0.3) is 0 Å². The first-order valence-electron chi connectivity index (χ1n) is 6.25. The summed E-state index contributed by atoms with van der Waals surface area (Å²) in [6, 6.07) is 13.8. The molecule has 0 radical (unpaired) electrons. The lowest BCUT2D eigenvalue weighted by Gasteiger charge is -2.11. The lowest BCUT2D eigenvalue weighted by atomic mass is 10.0. The Bertz CT molecular complexity index is 523. The molecule has 0 bridgehead atoms. The van der Waals surface area contributed by atoms with Crippen LogP contribution in [0.2, 0.25) is 0 Å². The van der Waals surface area contributed by atoms with Crippen molar-refractivity contribution in [2.45, 2.75) is 18.9 Å². The van der Waals surface area contributed by atoms with Crippen LogP contribution in [0.3, 0.4) is 0 Å². The van der Waals surface area contributed by atoms with Crippen molar-refractivity contribution in [3.05, 3.63) is 65.5 Å².